The lowest BCUT2D eigenvalue weighted by atomic mass is 9.77. The van der Waals surface area contributed by atoms with E-state index in [1.165, 1.54) is 25.7 Å². The van der Waals surface area contributed by atoms with Crippen LogP contribution < -0.4 is 4.74 Å². The van der Waals surface area contributed by atoms with E-state index in [9.17, 15) is 17.6 Å². The van der Waals surface area contributed by atoms with Crippen molar-refractivity contribution in [2.24, 2.45) is 5.92 Å². The third-order valence-corrected chi connectivity index (χ3v) is 6.78. The summed E-state index contributed by atoms with van der Waals surface area (Å²) in [6.45, 7) is 2.21. The molecule has 0 saturated heterocycles. The van der Waals surface area contributed by atoms with Gasteiger partial charge in [0.15, 0.2) is 11.6 Å². The molecule has 2 aromatic carbocycles. The van der Waals surface area contributed by atoms with E-state index in [2.05, 4.69) is 11.7 Å². The zero-order valence-corrected chi connectivity index (χ0v) is 18.1. The van der Waals surface area contributed by atoms with E-state index >= 15 is 4.39 Å². The van der Waals surface area contributed by atoms with Crippen LogP contribution in [0.2, 0.25) is 0 Å². The Morgan fingerprint density at radius 2 is 1.69 bits per heavy atom. The van der Waals surface area contributed by atoms with E-state index in [1.54, 1.807) is 18.2 Å². The number of alkyl halides is 3. The molecular formula is C26H27F5O. The van der Waals surface area contributed by atoms with Crippen molar-refractivity contribution in [3.05, 3.63) is 70.3 Å². The molecule has 0 aromatic heterocycles. The minimum atomic E-state index is -4.95. The van der Waals surface area contributed by atoms with Gasteiger partial charge in [0.2, 0.25) is 0 Å². The van der Waals surface area contributed by atoms with E-state index in [4.69, 9.17) is 0 Å². The van der Waals surface area contributed by atoms with E-state index in [-0.39, 0.29) is 12.2 Å². The van der Waals surface area contributed by atoms with Crippen molar-refractivity contribution in [3.8, 4) is 5.75 Å². The zero-order valence-electron chi connectivity index (χ0n) is 18.1. The standard InChI is InChI=1S/C26H27F5O/c1-2-3-16-4-6-17(7-5-16)18-10-11-22(23(27)13-18)20-9-8-19-15-25(32-26(29,30)31)24(28)14-21(19)12-20/h9-11,13-17H,2-8,12H2,1H3. The van der Waals surface area contributed by atoms with E-state index in [0.29, 0.717) is 29.0 Å². The van der Waals surface area contributed by atoms with Crippen molar-refractivity contribution in [2.75, 3.05) is 0 Å². The third kappa shape index (κ3) is 5.16. The molecule has 0 amide bonds. The maximum Gasteiger partial charge on any atom is 0.573 e. The number of rotatable bonds is 5. The number of hydrogen-bond acceptors (Lipinski definition) is 1. The van der Waals surface area contributed by atoms with Crippen LogP contribution in [0.25, 0.3) is 5.57 Å². The first-order chi connectivity index (χ1) is 15.2. The van der Waals surface area contributed by atoms with Gasteiger partial charge in [0.25, 0.3) is 0 Å². The molecule has 0 bridgehead atoms. The number of halogens is 5. The molecule has 0 atom stereocenters. The lowest BCUT2D eigenvalue weighted by Crippen LogP contribution is -2.18. The number of ether oxygens (including phenoxy) is 1. The van der Waals surface area contributed by atoms with Crippen molar-refractivity contribution in [1.29, 1.82) is 0 Å². The average Bonchev–Trinajstić information content (AvgIpc) is 2.74. The van der Waals surface area contributed by atoms with E-state index in [0.717, 1.165) is 42.0 Å². The van der Waals surface area contributed by atoms with Gasteiger partial charge in [-0.25, -0.2) is 8.78 Å². The molecule has 1 fully saturated rings. The Kier molecular flexibility index (Phi) is 6.59. The molecule has 6 heteroatoms. The summed E-state index contributed by atoms with van der Waals surface area (Å²) in [4.78, 5) is 0. The molecule has 0 spiro atoms. The first-order valence-electron chi connectivity index (χ1n) is 11.3. The van der Waals surface area contributed by atoms with Gasteiger partial charge in [0.05, 0.1) is 0 Å². The van der Waals surface area contributed by atoms with Crippen LogP contribution in [0, 0.1) is 17.6 Å². The molecule has 1 nitrogen and oxygen atoms in total. The molecule has 2 aromatic rings. The Balaban J connectivity index is 1.48. The first kappa shape index (κ1) is 22.8. The summed E-state index contributed by atoms with van der Waals surface area (Å²) in [5.41, 5.74) is 3.31. The number of allylic oxidation sites excluding steroid dienone is 2. The van der Waals surface area contributed by atoms with Gasteiger partial charge in [0.1, 0.15) is 5.82 Å². The Morgan fingerprint density at radius 3 is 2.34 bits per heavy atom. The highest BCUT2D eigenvalue weighted by Gasteiger charge is 2.33. The minimum Gasteiger partial charge on any atom is -0.403 e. The van der Waals surface area contributed by atoms with Crippen LogP contribution in [0.15, 0.2) is 36.4 Å². The van der Waals surface area contributed by atoms with Gasteiger partial charge in [-0.15, -0.1) is 13.2 Å². The van der Waals surface area contributed by atoms with Crippen molar-refractivity contribution in [3.63, 3.8) is 0 Å². The topological polar surface area (TPSA) is 9.23 Å². The van der Waals surface area contributed by atoms with Crippen molar-refractivity contribution in [2.45, 2.75) is 70.6 Å². The molecule has 2 aliphatic carbocycles. The van der Waals surface area contributed by atoms with Crippen LogP contribution >= 0.6 is 0 Å². The summed E-state index contributed by atoms with van der Waals surface area (Å²) in [6.07, 6.45) is 4.42. The normalized spacial score (nSPS) is 21.1. The van der Waals surface area contributed by atoms with Gasteiger partial charge >= 0.3 is 6.36 Å². The van der Waals surface area contributed by atoms with Gasteiger partial charge in [-0.05, 0) is 90.8 Å². The zero-order chi connectivity index (χ0) is 22.9. The highest BCUT2D eigenvalue weighted by molar-refractivity contribution is 5.71. The third-order valence-electron chi connectivity index (χ3n) is 6.78. The molecule has 1 saturated carbocycles. The summed E-state index contributed by atoms with van der Waals surface area (Å²) >= 11 is 0. The first-order valence-corrected chi connectivity index (χ1v) is 11.3. The quantitative estimate of drug-likeness (QED) is 0.418. The van der Waals surface area contributed by atoms with Crippen LogP contribution in [-0.2, 0) is 12.8 Å². The summed E-state index contributed by atoms with van der Waals surface area (Å²) in [5, 5.41) is 0. The Labute approximate surface area is 185 Å². The van der Waals surface area contributed by atoms with Crippen LogP contribution in [0.4, 0.5) is 22.0 Å². The lowest BCUT2D eigenvalue weighted by molar-refractivity contribution is -0.275. The van der Waals surface area contributed by atoms with Gasteiger partial charge in [-0.1, -0.05) is 38.0 Å². The number of hydrogen-bond donors (Lipinski definition) is 0. The predicted octanol–water partition coefficient (Wildman–Crippen LogP) is 8.12. The summed E-state index contributed by atoms with van der Waals surface area (Å²) < 4.78 is 70.3. The SMILES string of the molecule is CCCC1CCC(c2ccc(C3=CCc4cc(OC(F)(F)F)c(F)cc4C3)c(F)c2)CC1. The van der Waals surface area contributed by atoms with Crippen molar-refractivity contribution in [1.82, 2.24) is 0 Å². The fourth-order valence-electron chi connectivity index (χ4n) is 5.15. The maximum absolute atomic E-state index is 15.0. The second-order valence-electron chi connectivity index (χ2n) is 8.96. The fourth-order valence-corrected chi connectivity index (χ4v) is 5.15. The van der Waals surface area contributed by atoms with Crippen LogP contribution in [0.1, 0.15) is 73.6 Å². The molecule has 0 aliphatic heterocycles. The Bertz CT molecular complexity index is 1000. The van der Waals surface area contributed by atoms with Crippen molar-refractivity contribution < 1.29 is 26.7 Å². The summed E-state index contributed by atoms with van der Waals surface area (Å²) in [6, 6.07) is 7.54. The monoisotopic (exact) mass is 450 g/mol. The van der Waals surface area contributed by atoms with Gasteiger partial charge < -0.3 is 4.74 Å². The van der Waals surface area contributed by atoms with E-state index in [1.807, 2.05) is 6.07 Å². The fraction of sp³-hybridized carbons (Fsp3) is 0.462. The number of benzene rings is 2. The van der Waals surface area contributed by atoms with Gasteiger partial charge in [-0.2, -0.15) is 0 Å². The van der Waals surface area contributed by atoms with Crippen LogP contribution in [0.5, 0.6) is 5.75 Å². The van der Waals surface area contributed by atoms with Gasteiger partial charge in [0, 0.05) is 5.56 Å². The predicted molar refractivity (Wildman–Crippen MR) is 114 cm³/mol. The molecule has 172 valence electrons. The lowest BCUT2D eigenvalue weighted by Gasteiger charge is -2.29. The average molecular weight is 450 g/mol. The molecule has 2 aliphatic rings. The molecule has 4 rings (SSSR count). The summed E-state index contributed by atoms with van der Waals surface area (Å²) in [5.74, 6) is -1.04. The minimum absolute atomic E-state index is 0.261. The van der Waals surface area contributed by atoms with Crippen LogP contribution in [0.3, 0.4) is 0 Å². The largest absolute Gasteiger partial charge is 0.573 e. The highest BCUT2D eigenvalue weighted by Crippen LogP contribution is 2.39. The number of fused-ring (bicyclic) bond motifs is 1. The van der Waals surface area contributed by atoms with Crippen molar-refractivity contribution >= 4 is 5.57 Å². The van der Waals surface area contributed by atoms with E-state index < -0.39 is 17.9 Å². The Morgan fingerprint density at radius 1 is 0.938 bits per heavy atom. The molecule has 32 heavy (non-hydrogen) atoms. The summed E-state index contributed by atoms with van der Waals surface area (Å²) in [7, 11) is 0. The maximum atomic E-state index is 15.0. The second kappa shape index (κ2) is 9.24. The molecule has 0 unspecified atom stereocenters. The highest BCUT2D eigenvalue weighted by atomic mass is 19.4. The smallest absolute Gasteiger partial charge is 0.403 e. The Hall–Kier alpha value is -2.37. The molecular weight excluding hydrogens is 423 g/mol. The second-order valence-corrected chi connectivity index (χ2v) is 8.96. The molecule has 0 radical (unpaired) electrons. The molecule has 0 N–H and O–H groups in total. The van der Waals surface area contributed by atoms with Crippen LogP contribution in [-0.4, -0.2) is 6.36 Å². The molecule has 0 heterocycles. The van der Waals surface area contributed by atoms with Gasteiger partial charge in [-0.3, -0.25) is 0 Å².